The lowest BCUT2D eigenvalue weighted by Crippen LogP contribution is -2.38. The standard InChI is InChI=1S/C11H17N3O2/c1-2-16-11-6-10(12-8-13-11)14-5-3-4-9(15)7-14/h6,8-9,15H,2-5,7H2,1H3/t9-/m0/s1. The van der Waals surface area contributed by atoms with Crippen LogP contribution in [0.25, 0.3) is 0 Å². The molecule has 0 radical (unpaired) electrons. The van der Waals surface area contributed by atoms with Gasteiger partial charge in [-0.1, -0.05) is 0 Å². The molecule has 5 heteroatoms. The van der Waals surface area contributed by atoms with Crippen molar-refractivity contribution in [2.24, 2.45) is 0 Å². The van der Waals surface area contributed by atoms with Crippen LogP contribution in [-0.4, -0.2) is 40.9 Å². The molecular weight excluding hydrogens is 206 g/mol. The van der Waals surface area contributed by atoms with E-state index in [1.165, 1.54) is 6.33 Å². The number of aromatic nitrogens is 2. The summed E-state index contributed by atoms with van der Waals surface area (Å²) in [5, 5.41) is 9.60. The van der Waals surface area contributed by atoms with Gasteiger partial charge in [-0.25, -0.2) is 9.97 Å². The number of aliphatic hydroxyl groups excluding tert-OH is 1. The highest BCUT2D eigenvalue weighted by molar-refractivity contribution is 5.41. The van der Waals surface area contributed by atoms with Gasteiger partial charge in [-0.3, -0.25) is 0 Å². The molecule has 1 aromatic rings. The summed E-state index contributed by atoms with van der Waals surface area (Å²) in [6.07, 6.45) is 3.12. The maximum atomic E-state index is 9.60. The van der Waals surface area contributed by atoms with Crippen molar-refractivity contribution in [1.82, 2.24) is 9.97 Å². The van der Waals surface area contributed by atoms with E-state index in [4.69, 9.17) is 4.74 Å². The van der Waals surface area contributed by atoms with Crippen LogP contribution in [0, 0.1) is 0 Å². The minimum absolute atomic E-state index is 0.251. The molecule has 0 unspecified atom stereocenters. The Hall–Kier alpha value is -1.36. The Kier molecular flexibility index (Phi) is 3.56. The van der Waals surface area contributed by atoms with E-state index in [9.17, 15) is 5.11 Å². The maximum absolute atomic E-state index is 9.60. The van der Waals surface area contributed by atoms with Gasteiger partial charge in [0, 0.05) is 19.2 Å². The van der Waals surface area contributed by atoms with Gasteiger partial charge in [0.1, 0.15) is 12.1 Å². The molecule has 88 valence electrons. The Morgan fingerprint density at radius 3 is 3.19 bits per heavy atom. The largest absolute Gasteiger partial charge is 0.478 e. The van der Waals surface area contributed by atoms with E-state index in [0.29, 0.717) is 19.0 Å². The second-order valence-electron chi connectivity index (χ2n) is 3.89. The monoisotopic (exact) mass is 223 g/mol. The minimum atomic E-state index is -0.251. The fraction of sp³-hybridized carbons (Fsp3) is 0.636. The fourth-order valence-corrected chi connectivity index (χ4v) is 1.89. The van der Waals surface area contributed by atoms with E-state index in [1.54, 1.807) is 0 Å². The SMILES string of the molecule is CCOc1cc(N2CCC[C@H](O)C2)ncn1. The summed E-state index contributed by atoms with van der Waals surface area (Å²) in [5.41, 5.74) is 0. The predicted molar refractivity (Wildman–Crippen MR) is 60.7 cm³/mol. The number of hydrogen-bond donors (Lipinski definition) is 1. The summed E-state index contributed by atoms with van der Waals surface area (Å²) in [6.45, 7) is 4.09. The van der Waals surface area contributed by atoms with Crippen molar-refractivity contribution < 1.29 is 9.84 Å². The van der Waals surface area contributed by atoms with Gasteiger partial charge in [0.25, 0.3) is 0 Å². The summed E-state index contributed by atoms with van der Waals surface area (Å²) in [6, 6.07) is 1.82. The molecule has 1 aliphatic rings. The first-order chi connectivity index (χ1) is 7.79. The van der Waals surface area contributed by atoms with E-state index in [2.05, 4.69) is 14.9 Å². The Morgan fingerprint density at radius 2 is 2.44 bits per heavy atom. The van der Waals surface area contributed by atoms with Gasteiger partial charge < -0.3 is 14.7 Å². The zero-order valence-electron chi connectivity index (χ0n) is 9.46. The Balaban J connectivity index is 2.09. The van der Waals surface area contributed by atoms with Gasteiger partial charge in [0.05, 0.1) is 12.7 Å². The number of rotatable bonds is 3. The summed E-state index contributed by atoms with van der Waals surface area (Å²) in [4.78, 5) is 10.3. The Labute approximate surface area is 95.1 Å². The van der Waals surface area contributed by atoms with Crippen LogP contribution in [0.4, 0.5) is 5.82 Å². The molecule has 1 aliphatic heterocycles. The van der Waals surface area contributed by atoms with E-state index in [1.807, 2.05) is 13.0 Å². The second-order valence-corrected chi connectivity index (χ2v) is 3.89. The van der Waals surface area contributed by atoms with Crippen LogP contribution in [0.2, 0.25) is 0 Å². The number of anilines is 1. The predicted octanol–water partition coefficient (Wildman–Crippen LogP) is 0.836. The van der Waals surface area contributed by atoms with Gasteiger partial charge in [0.15, 0.2) is 0 Å². The molecule has 0 saturated carbocycles. The van der Waals surface area contributed by atoms with Crippen LogP contribution in [0.5, 0.6) is 5.88 Å². The van der Waals surface area contributed by atoms with Crippen molar-refractivity contribution in [2.75, 3.05) is 24.6 Å². The molecule has 0 bridgehead atoms. The second kappa shape index (κ2) is 5.12. The van der Waals surface area contributed by atoms with Crippen LogP contribution >= 0.6 is 0 Å². The number of hydrogen-bond acceptors (Lipinski definition) is 5. The molecule has 0 aliphatic carbocycles. The molecule has 2 rings (SSSR count). The molecule has 16 heavy (non-hydrogen) atoms. The van der Waals surface area contributed by atoms with Crippen molar-refractivity contribution in [1.29, 1.82) is 0 Å². The lowest BCUT2D eigenvalue weighted by molar-refractivity contribution is 0.154. The molecule has 0 spiro atoms. The quantitative estimate of drug-likeness (QED) is 0.822. The summed E-state index contributed by atoms with van der Waals surface area (Å²) < 4.78 is 5.32. The smallest absolute Gasteiger partial charge is 0.218 e. The molecule has 1 fully saturated rings. The van der Waals surface area contributed by atoms with Crippen LogP contribution < -0.4 is 9.64 Å². The van der Waals surface area contributed by atoms with Gasteiger partial charge in [-0.05, 0) is 19.8 Å². The highest BCUT2D eigenvalue weighted by Crippen LogP contribution is 2.20. The number of piperidine rings is 1. The molecule has 1 saturated heterocycles. The van der Waals surface area contributed by atoms with Crippen molar-refractivity contribution in [2.45, 2.75) is 25.9 Å². The average Bonchev–Trinajstić information content (AvgIpc) is 2.30. The Bertz CT molecular complexity index is 346. The van der Waals surface area contributed by atoms with Gasteiger partial charge in [-0.2, -0.15) is 0 Å². The highest BCUT2D eigenvalue weighted by atomic mass is 16.5. The average molecular weight is 223 g/mol. The number of β-amino-alcohol motifs (C(OH)–C–C–N with tert-alkyl or cyclic N) is 1. The van der Waals surface area contributed by atoms with Crippen molar-refractivity contribution >= 4 is 5.82 Å². The van der Waals surface area contributed by atoms with E-state index >= 15 is 0 Å². The topological polar surface area (TPSA) is 58.5 Å². The van der Waals surface area contributed by atoms with Crippen molar-refractivity contribution in [3.63, 3.8) is 0 Å². The first-order valence-corrected chi connectivity index (χ1v) is 5.67. The van der Waals surface area contributed by atoms with Gasteiger partial charge >= 0.3 is 0 Å². The zero-order valence-corrected chi connectivity index (χ0v) is 9.46. The maximum Gasteiger partial charge on any atom is 0.218 e. The highest BCUT2D eigenvalue weighted by Gasteiger charge is 2.19. The first kappa shape index (κ1) is 11.1. The number of aliphatic hydroxyl groups is 1. The zero-order chi connectivity index (χ0) is 11.4. The molecule has 1 atom stereocenters. The molecule has 0 amide bonds. The summed E-state index contributed by atoms with van der Waals surface area (Å²) in [5.74, 6) is 1.42. The van der Waals surface area contributed by atoms with E-state index < -0.39 is 0 Å². The van der Waals surface area contributed by atoms with Crippen LogP contribution in [0.1, 0.15) is 19.8 Å². The van der Waals surface area contributed by atoms with Crippen molar-refractivity contribution in [3.8, 4) is 5.88 Å². The van der Waals surface area contributed by atoms with Crippen LogP contribution in [0.15, 0.2) is 12.4 Å². The van der Waals surface area contributed by atoms with Crippen LogP contribution in [0.3, 0.4) is 0 Å². The van der Waals surface area contributed by atoms with Gasteiger partial charge in [-0.15, -0.1) is 0 Å². The molecule has 0 aromatic carbocycles. The summed E-state index contributed by atoms with van der Waals surface area (Å²) in [7, 11) is 0. The third-order valence-corrected chi connectivity index (χ3v) is 2.64. The molecule has 1 N–H and O–H groups in total. The van der Waals surface area contributed by atoms with E-state index in [-0.39, 0.29) is 6.10 Å². The lowest BCUT2D eigenvalue weighted by atomic mass is 10.1. The number of ether oxygens (including phenoxy) is 1. The minimum Gasteiger partial charge on any atom is -0.478 e. The third kappa shape index (κ3) is 2.61. The normalized spacial score (nSPS) is 20.9. The van der Waals surface area contributed by atoms with Crippen LogP contribution in [-0.2, 0) is 0 Å². The number of nitrogens with zero attached hydrogens (tertiary/aromatic N) is 3. The molecule has 5 nitrogen and oxygen atoms in total. The molecular formula is C11H17N3O2. The summed E-state index contributed by atoms with van der Waals surface area (Å²) >= 11 is 0. The lowest BCUT2D eigenvalue weighted by Gasteiger charge is -2.30. The fourth-order valence-electron chi connectivity index (χ4n) is 1.89. The molecule has 2 heterocycles. The van der Waals surface area contributed by atoms with Gasteiger partial charge in [0.2, 0.25) is 5.88 Å². The first-order valence-electron chi connectivity index (χ1n) is 5.67. The third-order valence-electron chi connectivity index (χ3n) is 2.64. The molecule has 1 aromatic heterocycles. The Morgan fingerprint density at radius 1 is 1.56 bits per heavy atom. The van der Waals surface area contributed by atoms with E-state index in [0.717, 1.165) is 25.2 Å². The van der Waals surface area contributed by atoms with Crippen molar-refractivity contribution in [3.05, 3.63) is 12.4 Å².